The van der Waals surface area contributed by atoms with Gasteiger partial charge in [0.2, 0.25) is 0 Å². The Bertz CT molecular complexity index is 719. The minimum atomic E-state index is -0.0805. The monoisotopic (exact) mass is 467 g/mol. The molecule has 6 nitrogen and oxygen atoms in total. The van der Waals surface area contributed by atoms with Crippen LogP contribution in [-0.4, -0.2) is 44.0 Å². The zero-order chi connectivity index (χ0) is 18.1. The fraction of sp³-hybridized carbons (Fsp3) is 0.263. The molecule has 0 aliphatic heterocycles. The number of rotatable bonds is 7. The number of para-hydroxylation sites is 1. The van der Waals surface area contributed by atoms with E-state index in [0.717, 1.165) is 17.8 Å². The molecule has 2 rings (SSSR count). The number of aliphatic imine (C=N–C) groups is 1. The average Bonchev–Trinajstić information content (AvgIpc) is 2.61. The van der Waals surface area contributed by atoms with Gasteiger partial charge in [0.25, 0.3) is 5.91 Å². The first-order valence-electron chi connectivity index (χ1n) is 8.18. The van der Waals surface area contributed by atoms with E-state index in [1.54, 1.807) is 6.07 Å². The molecule has 0 aliphatic carbocycles. The number of nitrogens with one attached hydrogen (secondary N) is 2. The van der Waals surface area contributed by atoms with Crippen LogP contribution in [0.15, 0.2) is 59.6 Å². The molecular formula is C19H26IN5O. The van der Waals surface area contributed by atoms with Crippen LogP contribution in [0.2, 0.25) is 0 Å². The number of carbonyl (C=O) groups excluding carboxylic acids is 1. The Balaban J connectivity index is 0.00000338. The number of nitrogens with zero attached hydrogens (tertiary/aromatic N) is 2. The van der Waals surface area contributed by atoms with Crippen molar-refractivity contribution in [1.82, 2.24) is 10.2 Å². The number of hydrogen-bond donors (Lipinski definition) is 3. The fourth-order valence-corrected chi connectivity index (χ4v) is 2.19. The Kier molecular flexibility index (Phi) is 9.67. The lowest BCUT2D eigenvalue weighted by Gasteiger charge is -2.11. The van der Waals surface area contributed by atoms with Gasteiger partial charge in [0.1, 0.15) is 0 Å². The number of anilines is 1. The molecule has 0 fully saturated rings. The number of likely N-dealkylation sites (N-methyl/N-ethyl adjacent to an activating group) is 1. The highest BCUT2D eigenvalue weighted by atomic mass is 127. The van der Waals surface area contributed by atoms with E-state index < -0.39 is 0 Å². The molecule has 4 N–H and O–H groups in total. The molecule has 0 unspecified atom stereocenters. The van der Waals surface area contributed by atoms with Crippen molar-refractivity contribution in [3.05, 3.63) is 65.7 Å². The van der Waals surface area contributed by atoms with Gasteiger partial charge < -0.3 is 21.3 Å². The number of guanidine groups is 1. The van der Waals surface area contributed by atoms with E-state index in [9.17, 15) is 4.79 Å². The second-order valence-electron chi connectivity index (χ2n) is 5.95. The Hall–Kier alpha value is -2.13. The maximum atomic E-state index is 12.2. The maximum absolute atomic E-state index is 12.2. The fourth-order valence-electron chi connectivity index (χ4n) is 2.19. The number of carbonyl (C=O) groups is 1. The number of halogens is 1. The van der Waals surface area contributed by atoms with Gasteiger partial charge in [0.15, 0.2) is 5.96 Å². The van der Waals surface area contributed by atoms with Crippen LogP contribution in [0, 0.1) is 0 Å². The normalized spacial score (nSPS) is 11.0. The van der Waals surface area contributed by atoms with Gasteiger partial charge in [0.05, 0.1) is 6.54 Å². The van der Waals surface area contributed by atoms with Gasteiger partial charge in [-0.2, -0.15) is 0 Å². The van der Waals surface area contributed by atoms with Crippen molar-refractivity contribution in [2.45, 2.75) is 6.54 Å². The molecule has 7 heteroatoms. The molecule has 0 saturated heterocycles. The van der Waals surface area contributed by atoms with E-state index in [1.165, 1.54) is 0 Å². The van der Waals surface area contributed by atoms with Crippen LogP contribution in [0.5, 0.6) is 0 Å². The molecular weight excluding hydrogens is 441 g/mol. The highest BCUT2D eigenvalue weighted by Gasteiger charge is 2.06. The van der Waals surface area contributed by atoms with E-state index in [1.807, 2.05) is 67.5 Å². The van der Waals surface area contributed by atoms with Crippen LogP contribution < -0.4 is 16.4 Å². The summed E-state index contributed by atoms with van der Waals surface area (Å²) >= 11 is 0. The van der Waals surface area contributed by atoms with Crippen LogP contribution in [0.25, 0.3) is 0 Å². The summed E-state index contributed by atoms with van der Waals surface area (Å²) in [5, 5.41) is 5.93. The van der Waals surface area contributed by atoms with Crippen molar-refractivity contribution in [2.75, 3.05) is 32.5 Å². The zero-order valence-corrected chi connectivity index (χ0v) is 17.4. The second-order valence-corrected chi connectivity index (χ2v) is 5.95. The van der Waals surface area contributed by atoms with E-state index in [-0.39, 0.29) is 29.9 Å². The average molecular weight is 467 g/mol. The van der Waals surface area contributed by atoms with Crippen molar-refractivity contribution in [3.63, 3.8) is 0 Å². The van der Waals surface area contributed by atoms with Crippen LogP contribution in [-0.2, 0) is 6.54 Å². The predicted octanol–water partition coefficient (Wildman–Crippen LogP) is 2.52. The first-order chi connectivity index (χ1) is 12.0. The molecule has 0 spiro atoms. The van der Waals surface area contributed by atoms with Gasteiger partial charge in [-0.25, -0.2) is 4.99 Å². The summed E-state index contributed by atoms with van der Waals surface area (Å²) in [6.07, 6.45) is 0. The molecule has 0 heterocycles. The third-order valence-electron chi connectivity index (χ3n) is 3.51. The van der Waals surface area contributed by atoms with Crippen LogP contribution >= 0.6 is 24.0 Å². The molecule has 1 amide bonds. The second kappa shape index (κ2) is 11.5. The Labute approximate surface area is 171 Å². The number of hydrogen-bond acceptors (Lipinski definition) is 3. The molecule has 0 saturated carbocycles. The highest BCUT2D eigenvalue weighted by molar-refractivity contribution is 14.0. The van der Waals surface area contributed by atoms with Crippen molar-refractivity contribution in [1.29, 1.82) is 0 Å². The molecule has 0 aromatic heterocycles. The molecule has 26 heavy (non-hydrogen) atoms. The number of benzene rings is 2. The first kappa shape index (κ1) is 21.9. The van der Waals surface area contributed by atoms with E-state index in [0.29, 0.717) is 24.6 Å². The van der Waals surface area contributed by atoms with Gasteiger partial charge in [-0.15, -0.1) is 24.0 Å². The molecule has 0 aliphatic rings. The lowest BCUT2D eigenvalue weighted by Crippen LogP contribution is -2.31. The van der Waals surface area contributed by atoms with Gasteiger partial charge in [-0.3, -0.25) is 4.79 Å². The maximum Gasteiger partial charge on any atom is 0.251 e. The van der Waals surface area contributed by atoms with Gasteiger partial charge in [-0.05, 0) is 43.9 Å². The smallest absolute Gasteiger partial charge is 0.251 e. The van der Waals surface area contributed by atoms with E-state index >= 15 is 0 Å². The minimum Gasteiger partial charge on any atom is -0.370 e. The summed E-state index contributed by atoms with van der Waals surface area (Å²) in [7, 11) is 3.94. The Morgan fingerprint density at radius 3 is 2.54 bits per heavy atom. The van der Waals surface area contributed by atoms with E-state index in [2.05, 4.69) is 15.6 Å². The topological polar surface area (TPSA) is 82.8 Å². The highest BCUT2D eigenvalue weighted by Crippen LogP contribution is 2.08. The molecule has 0 radical (unpaired) electrons. The van der Waals surface area contributed by atoms with Gasteiger partial charge >= 0.3 is 0 Å². The lowest BCUT2D eigenvalue weighted by molar-refractivity contribution is 0.0951. The van der Waals surface area contributed by atoms with Crippen LogP contribution in [0.3, 0.4) is 0 Å². The SMILES string of the molecule is CN(C)CCNC(=O)c1cccc(CN=C(N)Nc2ccccc2)c1.I. The minimum absolute atomic E-state index is 0. The van der Waals surface area contributed by atoms with Crippen molar-refractivity contribution >= 4 is 41.5 Å². The van der Waals surface area contributed by atoms with Crippen molar-refractivity contribution in [2.24, 2.45) is 10.7 Å². The summed E-state index contributed by atoms with van der Waals surface area (Å²) in [6, 6.07) is 17.0. The van der Waals surface area contributed by atoms with Gasteiger partial charge in [0, 0.05) is 24.3 Å². The first-order valence-corrected chi connectivity index (χ1v) is 8.18. The largest absolute Gasteiger partial charge is 0.370 e. The van der Waals surface area contributed by atoms with Crippen LogP contribution in [0.1, 0.15) is 15.9 Å². The molecule has 2 aromatic rings. The summed E-state index contributed by atoms with van der Waals surface area (Å²) in [6.45, 7) is 1.82. The molecule has 0 atom stereocenters. The molecule has 2 aromatic carbocycles. The number of amides is 1. The Morgan fingerprint density at radius 1 is 1.12 bits per heavy atom. The van der Waals surface area contributed by atoms with Crippen LogP contribution in [0.4, 0.5) is 5.69 Å². The summed E-state index contributed by atoms with van der Waals surface area (Å²) in [4.78, 5) is 18.5. The van der Waals surface area contributed by atoms with E-state index in [4.69, 9.17) is 5.73 Å². The third-order valence-corrected chi connectivity index (χ3v) is 3.51. The summed E-state index contributed by atoms with van der Waals surface area (Å²) in [5.41, 5.74) is 8.34. The third kappa shape index (κ3) is 7.83. The Morgan fingerprint density at radius 2 is 1.85 bits per heavy atom. The predicted molar refractivity (Wildman–Crippen MR) is 118 cm³/mol. The standard InChI is InChI=1S/C19H25N5O.HI/c1-24(2)12-11-21-18(25)16-8-6-7-15(13-16)14-22-19(20)23-17-9-4-3-5-10-17;/h3-10,13H,11-12,14H2,1-2H3,(H,21,25)(H3,20,22,23);1H. The van der Waals surface area contributed by atoms with Gasteiger partial charge in [-0.1, -0.05) is 30.3 Å². The summed E-state index contributed by atoms with van der Waals surface area (Å²) < 4.78 is 0. The zero-order valence-electron chi connectivity index (χ0n) is 15.1. The van der Waals surface area contributed by atoms with Crippen molar-refractivity contribution < 1.29 is 4.79 Å². The summed E-state index contributed by atoms with van der Waals surface area (Å²) in [5.74, 6) is 0.259. The molecule has 0 bridgehead atoms. The molecule has 140 valence electrons. The quantitative estimate of drug-likeness (QED) is 0.332. The number of nitrogens with two attached hydrogens (primary N) is 1. The lowest BCUT2D eigenvalue weighted by atomic mass is 10.1. The van der Waals surface area contributed by atoms with Crippen molar-refractivity contribution in [3.8, 4) is 0 Å².